The molecule has 0 aliphatic rings. The van der Waals surface area contributed by atoms with E-state index in [-0.39, 0.29) is 0 Å². The van der Waals surface area contributed by atoms with E-state index in [4.69, 9.17) is 40.2 Å². The van der Waals surface area contributed by atoms with Gasteiger partial charge in [0.25, 0.3) is 0 Å². The van der Waals surface area contributed by atoms with Crippen molar-refractivity contribution >= 4 is 51.9 Å². The average Bonchev–Trinajstić information content (AvgIpc) is 2.56. The van der Waals surface area contributed by atoms with Gasteiger partial charge in [0.15, 0.2) is 5.11 Å². The third-order valence-electron chi connectivity index (χ3n) is 3.21. The lowest BCUT2D eigenvalue weighted by Gasteiger charge is -2.12. The molecule has 3 rings (SSSR count). The lowest BCUT2D eigenvalue weighted by atomic mass is 10.3. The van der Waals surface area contributed by atoms with Gasteiger partial charge < -0.3 is 15.4 Å². The highest BCUT2D eigenvalue weighted by Crippen LogP contribution is 2.24. The second-order valence-corrected chi connectivity index (χ2v) is 6.46. The quantitative estimate of drug-likeness (QED) is 0.493. The highest BCUT2D eigenvalue weighted by atomic mass is 35.5. The van der Waals surface area contributed by atoms with Crippen LogP contribution < -0.4 is 15.4 Å². The molecule has 0 aromatic heterocycles. The summed E-state index contributed by atoms with van der Waals surface area (Å²) in [5.41, 5.74) is 1.56. The molecule has 3 aromatic carbocycles. The standard InChI is InChI=1S/C19H14Cl2N2OS/c20-13-10-14(21)12-16(11-13)23-19(25)22-15-6-8-18(9-7-15)24-17-4-2-1-3-5-17/h1-12H,(H2,22,23,25). The van der Waals surface area contributed by atoms with Crippen LogP contribution in [-0.4, -0.2) is 5.11 Å². The van der Waals surface area contributed by atoms with E-state index in [1.165, 1.54) is 0 Å². The first-order chi connectivity index (χ1) is 12.1. The normalized spacial score (nSPS) is 10.2. The second kappa shape index (κ2) is 8.21. The average molecular weight is 389 g/mol. The molecule has 3 nitrogen and oxygen atoms in total. The molecular formula is C19H14Cl2N2OS. The molecule has 0 radical (unpaired) electrons. The summed E-state index contributed by atoms with van der Waals surface area (Å²) in [6.45, 7) is 0. The Morgan fingerprint density at radius 2 is 1.28 bits per heavy atom. The van der Waals surface area contributed by atoms with E-state index in [0.717, 1.165) is 22.9 Å². The van der Waals surface area contributed by atoms with Crippen LogP contribution in [0.3, 0.4) is 0 Å². The second-order valence-electron chi connectivity index (χ2n) is 5.18. The van der Waals surface area contributed by atoms with Gasteiger partial charge in [-0.15, -0.1) is 0 Å². The molecule has 0 saturated carbocycles. The topological polar surface area (TPSA) is 33.3 Å². The summed E-state index contributed by atoms with van der Waals surface area (Å²) in [5.74, 6) is 1.54. The largest absolute Gasteiger partial charge is 0.457 e. The zero-order valence-electron chi connectivity index (χ0n) is 13.0. The zero-order valence-corrected chi connectivity index (χ0v) is 15.3. The molecule has 0 aliphatic carbocycles. The summed E-state index contributed by atoms with van der Waals surface area (Å²) in [6.07, 6.45) is 0. The molecule has 0 aliphatic heterocycles. The van der Waals surface area contributed by atoms with Gasteiger partial charge in [-0.05, 0) is 66.8 Å². The van der Waals surface area contributed by atoms with Crippen LogP contribution in [0.4, 0.5) is 11.4 Å². The van der Waals surface area contributed by atoms with E-state index >= 15 is 0 Å². The minimum absolute atomic E-state index is 0.440. The Kier molecular flexibility index (Phi) is 5.76. The number of rotatable bonds is 4. The van der Waals surface area contributed by atoms with Crippen molar-refractivity contribution in [2.24, 2.45) is 0 Å². The van der Waals surface area contributed by atoms with Gasteiger partial charge in [0.05, 0.1) is 0 Å². The van der Waals surface area contributed by atoms with E-state index < -0.39 is 0 Å². The van der Waals surface area contributed by atoms with E-state index in [0.29, 0.717) is 15.2 Å². The molecule has 0 atom stereocenters. The third kappa shape index (κ3) is 5.36. The number of anilines is 2. The fourth-order valence-corrected chi connectivity index (χ4v) is 2.91. The van der Waals surface area contributed by atoms with Crippen molar-refractivity contribution in [3.05, 3.63) is 82.8 Å². The first-order valence-electron chi connectivity index (χ1n) is 7.45. The highest BCUT2D eigenvalue weighted by Gasteiger charge is 2.03. The summed E-state index contributed by atoms with van der Waals surface area (Å²) < 4.78 is 5.75. The van der Waals surface area contributed by atoms with Crippen molar-refractivity contribution in [3.8, 4) is 11.5 Å². The van der Waals surface area contributed by atoms with E-state index in [1.807, 2.05) is 54.6 Å². The molecule has 0 bridgehead atoms. The van der Waals surface area contributed by atoms with Gasteiger partial charge in [-0.3, -0.25) is 0 Å². The molecule has 3 aromatic rings. The highest BCUT2D eigenvalue weighted by molar-refractivity contribution is 7.80. The van der Waals surface area contributed by atoms with Crippen molar-refractivity contribution in [3.63, 3.8) is 0 Å². The fraction of sp³-hybridized carbons (Fsp3) is 0. The van der Waals surface area contributed by atoms with Gasteiger partial charge >= 0.3 is 0 Å². The van der Waals surface area contributed by atoms with Gasteiger partial charge in [-0.2, -0.15) is 0 Å². The number of ether oxygens (including phenoxy) is 1. The number of hydrogen-bond donors (Lipinski definition) is 2. The maximum absolute atomic E-state index is 5.98. The van der Waals surface area contributed by atoms with Crippen LogP contribution in [0, 0.1) is 0 Å². The van der Waals surface area contributed by atoms with Crippen LogP contribution in [0.1, 0.15) is 0 Å². The lowest BCUT2D eigenvalue weighted by Crippen LogP contribution is -2.18. The molecule has 0 spiro atoms. The summed E-state index contributed by atoms with van der Waals surface area (Å²) in [7, 11) is 0. The van der Waals surface area contributed by atoms with E-state index in [2.05, 4.69) is 10.6 Å². The lowest BCUT2D eigenvalue weighted by molar-refractivity contribution is 0.483. The van der Waals surface area contributed by atoms with Gasteiger partial charge in [-0.25, -0.2) is 0 Å². The Morgan fingerprint density at radius 3 is 1.92 bits per heavy atom. The Morgan fingerprint density at radius 1 is 0.720 bits per heavy atom. The molecule has 0 heterocycles. The van der Waals surface area contributed by atoms with Crippen molar-refractivity contribution in [2.45, 2.75) is 0 Å². The number of hydrogen-bond acceptors (Lipinski definition) is 2. The number of halogens is 2. The molecule has 0 fully saturated rings. The Labute approximate surface area is 161 Å². The summed E-state index contributed by atoms with van der Waals surface area (Å²) in [6, 6.07) is 22.3. The van der Waals surface area contributed by atoms with Crippen molar-refractivity contribution in [1.29, 1.82) is 0 Å². The Hall–Kier alpha value is -2.27. The van der Waals surface area contributed by atoms with Crippen LogP contribution in [0.15, 0.2) is 72.8 Å². The van der Waals surface area contributed by atoms with Crippen LogP contribution in [0.5, 0.6) is 11.5 Å². The van der Waals surface area contributed by atoms with Crippen LogP contribution in [-0.2, 0) is 0 Å². The van der Waals surface area contributed by atoms with Crippen molar-refractivity contribution in [1.82, 2.24) is 0 Å². The first-order valence-corrected chi connectivity index (χ1v) is 8.62. The molecular weight excluding hydrogens is 375 g/mol. The SMILES string of the molecule is S=C(Nc1ccc(Oc2ccccc2)cc1)Nc1cc(Cl)cc(Cl)c1. The van der Waals surface area contributed by atoms with E-state index in [1.54, 1.807) is 18.2 Å². The maximum Gasteiger partial charge on any atom is 0.175 e. The van der Waals surface area contributed by atoms with Crippen molar-refractivity contribution in [2.75, 3.05) is 10.6 Å². The minimum Gasteiger partial charge on any atom is -0.457 e. The van der Waals surface area contributed by atoms with Gasteiger partial charge in [-0.1, -0.05) is 41.4 Å². The maximum atomic E-state index is 5.98. The van der Waals surface area contributed by atoms with Gasteiger partial charge in [0.1, 0.15) is 11.5 Å². The number of thiocarbonyl (C=S) groups is 1. The summed E-state index contributed by atoms with van der Waals surface area (Å²) in [4.78, 5) is 0. The first kappa shape index (κ1) is 17.5. The predicted octanol–water partition coefficient (Wildman–Crippen LogP) is 6.59. The Bertz CT molecular complexity index is 850. The molecule has 0 unspecified atom stereocenters. The summed E-state index contributed by atoms with van der Waals surface area (Å²) in [5, 5.41) is 7.67. The fourth-order valence-electron chi connectivity index (χ4n) is 2.15. The number of nitrogens with one attached hydrogen (secondary N) is 2. The predicted molar refractivity (Wildman–Crippen MR) is 109 cm³/mol. The molecule has 2 N–H and O–H groups in total. The van der Waals surface area contributed by atoms with Crippen LogP contribution in [0.25, 0.3) is 0 Å². The summed E-state index contributed by atoms with van der Waals surface area (Å²) >= 11 is 17.3. The molecule has 6 heteroatoms. The van der Waals surface area contributed by atoms with Crippen molar-refractivity contribution < 1.29 is 4.74 Å². The third-order valence-corrected chi connectivity index (χ3v) is 3.85. The molecule has 25 heavy (non-hydrogen) atoms. The van der Waals surface area contributed by atoms with E-state index in [9.17, 15) is 0 Å². The molecule has 0 saturated heterocycles. The zero-order chi connectivity index (χ0) is 17.6. The number of benzene rings is 3. The minimum atomic E-state index is 0.440. The monoisotopic (exact) mass is 388 g/mol. The Balaban J connectivity index is 1.60. The van der Waals surface area contributed by atoms with Gasteiger partial charge in [0, 0.05) is 21.4 Å². The smallest absolute Gasteiger partial charge is 0.175 e. The number of para-hydroxylation sites is 1. The molecule has 0 amide bonds. The van der Waals surface area contributed by atoms with Gasteiger partial charge in [0.2, 0.25) is 0 Å². The molecule has 126 valence electrons. The van der Waals surface area contributed by atoms with Crippen LogP contribution >= 0.6 is 35.4 Å². The van der Waals surface area contributed by atoms with Crippen LogP contribution in [0.2, 0.25) is 10.0 Å².